The number of amides is 4. The molecule has 1 aliphatic rings. The first-order valence-corrected chi connectivity index (χ1v) is 10.7. The van der Waals surface area contributed by atoms with E-state index in [9.17, 15) is 24.3 Å². The van der Waals surface area contributed by atoms with Crippen LogP contribution in [-0.2, 0) is 14.4 Å². The number of imide groups is 2. The highest BCUT2D eigenvalue weighted by atomic mass is 79.9. The van der Waals surface area contributed by atoms with Crippen LogP contribution in [0, 0.1) is 13.8 Å². The van der Waals surface area contributed by atoms with Crippen LogP contribution in [0.5, 0.6) is 11.5 Å². The van der Waals surface area contributed by atoms with Crippen LogP contribution in [0.15, 0.2) is 40.4 Å². The molecule has 3 rings (SSSR count). The number of carboxylic acid groups (broad SMARTS) is 1. The van der Waals surface area contributed by atoms with Crippen molar-refractivity contribution in [2.24, 2.45) is 0 Å². The van der Waals surface area contributed by atoms with Gasteiger partial charge in [0.1, 0.15) is 12.2 Å². The van der Waals surface area contributed by atoms with Gasteiger partial charge in [-0.05, 0) is 83.7 Å². The summed E-state index contributed by atoms with van der Waals surface area (Å²) in [6, 6.07) is 7.42. The van der Waals surface area contributed by atoms with Gasteiger partial charge in [0.15, 0.2) is 11.5 Å². The molecule has 0 unspecified atom stereocenters. The van der Waals surface area contributed by atoms with Crippen LogP contribution < -0.4 is 24.8 Å². The molecule has 0 spiro atoms. The number of barbiturate groups is 1. The number of hydrogen-bond acceptors (Lipinski definition) is 7. The van der Waals surface area contributed by atoms with Crippen LogP contribution in [0.1, 0.15) is 23.6 Å². The zero-order valence-electron chi connectivity index (χ0n) is 18.1. The zero-order valence-corrected chi connectivity index (χ0v) is 19.6. The van der Waals surface area contributed by atoms with Gasteiger partial charge in [-0.3, -0.25) is 14.9 Å². The number of carbonyl (C=O) groups is 4. The topological polar surface area (TPSA) is 125 Å². The minimum atomic E-state index is -1.41. The number of aliphatic carboxylic acids is 1. The van der Waals surface area contributed by atoms with Gasteiger partial charge in [0.25, 0.3) is 11.8 Å². The fourth-order valence-corrected chi connectivity index (χ4v) is 3.92. The van der Waals surface area contributed by atoms with Crippen LogP contribution in [0.3, 0.4) is 0 Å². The van der Waals surface area contributed by atoms with Gasteiger partial charge in [-0.15, -0.1) is 0 Å². The zero-order chi connectivity index (χ0) is 24.3. The van der Waals surface area contributed by atoms with Crippen LogP contribution >= 0.6 is 15.9 Å². The van der Waals surface area contributed by atoms with Crippen LogP contribution in [0.25, 0.3) is 6.08 Å². The third-order valence-electron chi connectivity index (χ3n) is 4.54. The van der Waals surface area contributed by atoms with Gasteiger partial charge in [-0.2, -0.15) is 0 Å². The van der Waals surface area contributed by atoms with Gasteiger partial charge in [-0.1, -0.05) is 6.07 Å². The van der Waals surface area contributed by atoms with E-state index < -0.39 is 30.4 Å². The summed E-state index contributed by atoms with van der Waals surface area (Å²) in [6.07, 6.45) is 1.32. The standard InChI is InChI=1S/C23H21BrN2O7/c1-4-32-18-10-14(9-17(24)20(18)33-11-19(27)28)8-16-21(29)25-23(31)26(22(16)30)15-6-12(2)5-13(3)7-15/h5-10H,4,11H2,1-3H3,(H,27,28)(H,25,29,31)/p-1/b16-8+. The highest BCUT2D eigenvalue weighted by Gasteiger charge is 2.37. The maximum absolute atomic E-state index is 13.1. The van der Waals surface area contributed by atoms with Crippen molar-refractivity contribution in [2.45, 2.75) is 20.8 Å². The lowest BCUT2D eigenvalue weighted by Gasteiger charge is -2.27. The summed E-state index contributed by atoms with van der Waals surface area (Å²) in [5.41, 5.74) is 2.18. The molecule has 1 N–H and O–H groups in total. The Hall–Kier alpha value is -3.66. The number of anilines is 1. The van der Waals surface area contributed by atoms with E-state index in [-0.39, 0.29) is 23.7 Å². The molecule has 1 aliphatic heterocycles. The van der Waals surface area contributed by atoms with Crippen molar-refractivity contribution < 1.29 is 33.8 Å². The second-order valence-corrected chi connectivity index (χ2v) is 8.08. The summed E-state index contributed by atoms with van der Waals surface area (Å²) in [7, 11) is 0. The fraction of sp³-hybridized carbons (Fsp3) is 0.217. The van der Waals surface area contributed by atoms with Crippen molar-refractivity contribution in [3.63, 3.8) is 0 Å². The van der Waals surface area contributed by atoms with Crippen LogP contribution in [0.4, 0.5) is 10.5 Å². The first kappa shape index (κ1) is 24.0. The average Bonchev–Trinajstić information content (AvgIpc) is 2.69. The maximum Gasteiger partial charge on any atom is 0.335 e. The fourth-order valence-electron chi connectivity index (χ4n) is 3.34. The molecule has 1 fully saturated rings. The van der Waals surface area contributed by atoms with E-state index in [0.29, 0.717) is 15.7 Å². The Labute approximate surface area is 198 Å². The molecule has 0 atom stereocenters. The molecule has 0 aromatic heterocycles. The summed E-state index contributed by atoms with van der Waals surface area (Å²) in [5.74, 6) is -2.69. The molecule has 0 radical (unpaired) electrons. The predicted octanol–water partition coefficient (Wildman–Crippen LogP) is 2.26. The van der Waals surface area contributed by atoms with E-state index in [1.165, 1.54) is 18.2 Å². The van der Waals surface area contributed by atoms with E-state index in [0.717, 1.165) is 16.0 Å². The number of urea groups is 1. The van der Waals surface area contributed by atoms with Crippen LogP contribution in [-0.4, -0.2) is 37.0 Å². The lowest BCUT2D eigenvalue weighted by molar-refractivity contribution is -0.307. The summed E-state index contributed by atoms with van der Waals surface area (Å²) in [4.78, 5) is 49.7. The van der Waals surface area contributed by atoms with Crippen molar-refractivity contribution >= 4 is 51.5 Å². The summed E-state index contributed by atoms with van der Waals surface area (Å²) < 4.78 is 11.1. The minimum absolute atomic E-state index is 0.134. The molecule has 1 heterocycles. The van der Waals surface area contributed by atoms with E-state index in [1.54, 1.807) is 19.1 Å². The molecule has 33 heavy (non-hydrogen) atoms. The van der Waals surface area contributed by atoms with Gasteiger partial charge >= 0.3 is 6.03 Å². The van der Waals surface area contributed by atoms with Crippen molar-refractivity contribution in [2.75, 3.05) is 18.1 Å². The molecule has 0 bridgehead atoms. The molecule has 172 valence electrons. The molecule has 1 saturated heterocycles. The Morgan fingerprint density at radius 1 is 1.09 bits per heavy atom. The molecule has 2 aromatic carbocycles. The first-order chi connectivity index (χ1) is 15.6. The normalized spacial score (nSPS) is 15.0. The number of nitrogens with zero attached hydrogens (tertiary/aromatic N) is 1. The number of carbonyl (C=O) groups excluding carboxylic acids is 4. The van der Waals surface area contributed by atoms with Crippen molar-refractivity contribution in [1.29, 1.82) is 0 Å². The number of halogens is 1. The quantitative estimate of drug-likeness (QED) is 0.442. The Morgan fingerprint density at radius 2 is 1.76 bits per heavy atom. The SMILES string of the molecule is CCOc1cc(/C=C2\C(=O)NC(=O)N(c3cc(C)cc(C)c3)C2=O)cc(Br)c1OCC(=O)[O-]. The van der Waals surface area contributed by atoms with Crippen LogP contribution in [0.2, 0.25) is 0 Å². The molecule has 4 amide bonds. The Balaban J connectivity index is 2.03. The van der Waals surface area contributed by atoms with E-state index >= 15 is 0 Å². The maximum atomic E-state index is 13.1. The molecule has 0 aliphatic carbocycles. The van der Waals surface area contributed by atoms with E-state index in [2.05, 4.69) is 21.2 Å². The molecule has 0 saturated carbocycles. The van der Waals surface area contributed by atoms with E-state index in [4.69, 9.17) is 9.47 Å². The molecule has 2 aromatic rings. The highest BCUT2D eigenvalue weighted by molar-refractivity contribution is 9.10. The first-order valence-electron chi connectivity index (χ1n) is 9.89. The van der Waals surface area contributed by atoms with Gasteiger partial charge < -0.3 is 19.4 Å². The average molecular weight is 516 g/mol. The Kier molecular flexibility index (Phi) is 7.17. The monoisotopic (exact) mass is 515 g/mol. The highest BCUT2D eigenvalue weighted by Crippen LogP contribution is 2.38. The number of nitrogens with one attached hydrogen (secondary N) is 1. The summed E-state index contributed by atoms with van der Waals surface area (Å²) in [5, 5.41) is 12.9. The number of ether oxygens (including phenoxy) is 2. The van der Waals surface area contributed by atoms with Crippen molar-refractivity contribution in [1.82, 2.24) is 5.32 Å². The predicted molar refractivity (Wildman–Crippen MR) is 121 cm³/mol. The Bertz CT molecular complexity index is 1170. The smallest absolute Gasteiger partial charge is 0.335 e. The van der Waals surface area contributed by atoms with Gasteiger partial charge in [0.05, 0.1) is 22.7 Å². The van der Waals surface area contributed by atoms with Gasteiger partial charge in [0.2, 0.25) is 0 Å². The van der Waals surface area contributed by atoms with E-state index in [1.807, 2.05) is 19.9 Å². The number of hydrogen-bond donors (Lipinski definition) is 1. The second kappa shape index (κ2) is 9.86. The second-order valence-electron chi connectivity index (χ2n) is 7.23. The van der Waals surface area contributed by atoms with Crippen molar-refractivity contribution in [3.8, 4) is 11.5 Å². The number of benzene rings is 2. The number of rotatable bonds is 7. The van der Waals surface area contributed by atoms with Gasteiger partial charge in [-0.25, -0.2) is 9.69 Å². The lowest BCUT2D eigenvalue weighted by Crippen LogP contribution is -2.54. The lowest BCUT2D eigenvalue weighted by atomic mass is 10.0. The third kappa shape index (κ3) is 5.40. The Morgan fingerprint density at radius 3 is 2.36 bits per heavy atom. The third-order valence-corrected chi connectivity index (χ3v) is 5.13. The number of carboxylic acids is 1. The van der Waals surface area contributed by atoms with Crippen molar-refractivity contribution in [3.05, 3.63) is 57.1 Å². The largest absolute Gasteiger partial charge is 0.546 e. The molecular weight excluding hydrogens is 496 g/mol. The number of aryl methyl sites for hydroxylation is 2. The minimum Gasteiger partial charge on any atom is -0.546 e. The molecule has 10 heteroatoms. The molecule has 9 nitrogen and oxygen atoms in total. The molecular formula is C23H20BrN2O7-. The summed E-state index contributed by atoms with van der Waals surface area (Å²) in [6.45, 7) is 4.96. The van der Waals surface area contributed by atoms with Gasteiger partial charge in [0, 0.05) is 0 Å². The summed E-state index contributed by atoms with van der Waals surface area (Å²) >= 11 is 3.29.